The van der Waals surface area contributed by atoms with Crippen molar-refractivity contribution in [3.05, 3.63) is 120 Å². The van der Waals surface area contributed by atoms with E-state index in [4.69, 9.17) is 8.22 Å². The summed E-state index contributed by atoms with van der Waals surface area (Å²) in [5.74, 6) is -3.39. The van der Waals surface area contributed by atoms with Gasteiger partial charge in [0.25, 0.3) is 17.3 Å². The maximum absolute atomic E-state index is 16.9. The maximum Gasteiger partial charge on any atom is 2.00 e. The average molecular weight is 771 g/mol. The van der Waals surface area contributed by atoms with Crippen LogP contribution in [0.1, 0.15) is 51.2 Å². The van der Waals surface area contributed by atoms with E-state index < -0.39 is 36.3 Å². The van der Waals surface area contributed by atoms with Gasteiger partial charge in [-0.05, 0) is 41.4 Å². The van der Waals surface area contributed by atoms with Gasteiger partial charge in [0, 0.05) is 40.4 Å². The molecule has 0 fully saturated rings. The molecular formula is C36H29F2N5Pt+2. The number of fused-ring (bicyclic) bond motifs is 4. The number of pyridine rings is 2. The predicted octanol–water partition coefficient (Wildman–Crippen LogP) is 8.21. The SMILES string of the molecule is [2H]C([2H])([2H])c1ccnc(-n2c3[c-]c(C(F)(F)c4[c-]c([N+]5=C=[N+](C([2H])([2H])[2H])c6ccccc65)cc(C(C)(C)C)c4)ccc3c3cnccc32)c1.[Pt+2]. The molecule has 0 saturated heterocycles. The monoisotopic (exact) mass is 770 g/mol. The average Bonchev–Trinajstić information content (AvgIpc) is 3.60. The Balaban J connectivity index is 0.00000432. The number of alkyl halides is 2. The molecule has 1 aliphatic rings. The third-order valence-electron chi connectivity index (χ3n) is 7.65. The van der Waals surface area contributed by atoms with Crippen LogP contribution in [-0.4, -0.2) is 32.1 Å². The number of hydrogen-bond donors (Lipinski definition) is 0. The third-order valence-corrected chi connectivity index (χ3v) is 7.65. The molecule has 4 heterocycles. The molecule has 6 aromatic rings. The Labute approximate surface area is 277 Å². The second-order valence-electron chi connectivity index (χ2n) is 11.5. The fourth-order valence-corrected chi connectivity index (χ4v) is 5.40. The summed E-state index contributed by atoms with van der Waals surface area (Å²) in [7, 11) is 0. The first-order valence-corrected chi connectivity index (χ1v) is 13.6. The Kier molecular flexibility index (Phi) is 5.62. The fraction of sp³-hybridized carbons (Fsp3) is 0.194. The molecule has 5 nitrogen and oxygen atoms in total. The minimum atomic E-state index is -3.62. The Bertz CT molecular complexity index is 2390. The Hall–Kier alpha value is -4.31. The molecule has 0 radical (unpaired) electrons. The van der Waals surface area contributed by atoms with Crippen molar-refractivity contribution in [2.75, 3.05) is 6.98 Å². The molecule has 0 aliphatic carbocycles. The summed E-state index contributed by atoms with van der Waals surface area (Å²) < 4.78 is 85.7. The zero-order valence-corrected chi connectivity index (χ0v) is 26.2. The summed E-state index contributed by atoms with van der Waals surface area (Å²) in [4.78, 5) is 8.63. The van der Waals surface area contributed by atoms with Crippen LogP contribution in [0.3, 0.4) is 0 Å². The van der Waals surface area contributed by atoms with Crippen LogP contribution in [0.2, 0.25) is 0 Å². The predicted molar refractivity (Wildman–Crippen MR) is 166 cm³/mol. The van der Waals surface area contributed by atoms with Gasteiger partial charge >= 0.3 is 27.1 Å². The summed E-state index contributed by atoms with van der Waals surface area (Å²) in [6.45, 7) is 0.740. The summed E-state index contributed by atoms with van der Waals surface area (Å²) in [6, 6.07) is 26.0. The second-order valence-corrected chi connectivity index (χ2v) is 11.5. The molecule has 3 aromatic carbocycles. The number of aryl methyl sites for hydroxylation is 1. The van der Waals surface area contributed by atoms with E-state index in [0.29, 0.717) is 33.2 Å². The number of aromatic nitrogens is 3. The minimum Gasteiger partial charge on any atom is -0.319 e. The van der Waals surface area contributed by atoms with Gasteiger partial charge in [0.15, 0.2) is 6.98 Å². The number of hydrogen-bond acceptors (Lipinski definition) is 2. The van der Waals surface area contributed by atoms with Crippen LogP contribution in [0.15, 0.2) is 85.3 Å². The smallest absolute Gasteiger partial charge is 0.319 e. The van der Waals surface area contributed by atoms with E-state index in [-0.39, 0.29) is 43.7 Å². The molecule has 3 aromatic heterocycles. The summed E-state index contributed by atoms with van der Waals surface area (Å²) in [5.41, 5.74) is 1.07. The number of nitrogens with zero attached hydrogens (tertiary/aromatic N) is 5. The molecule has 0 unspecified atom stereocenters. The van der Waals surface area contributed by atoms with Gasteiger partial charge < -0.3 is 4.57 Å². The van der Waals surface area contributed by atoms with Crippen LogP contribution >= 0.6 is 0 Å². The van der Waals surface area contributed by atoms with Crippen molar-refractivity contribution in [1.82, 2.24) is 19.1 Å². The Morgan fingerprint density at radius 1 is 0.909 bits per heavy atom. The Morgan fingerprint density at radius 3 is 2.50 bits per heavy atom. The molecule has 7 rings (SSSR count). The van der Waals surface area contributed by atoms with E-state index in [1.165, 1.54) is 35.0 Å². The standard InChI is InChI=1S/C36H29F2N5.Pt/c1-23-12-15-40-34(16-23)43-30-13-14-39-21-29(30)28-11-10-24(20-33(28)43)36(37,38)26-17-25(35(2,3)4)18-27(19-26)42-22-41(5)31-8-6-7-9-32(31)42;/h6-18,21H,1-5H3;/q;+2/i1D3,5D3;. The first kappa shape index (κ1) is 23.1. The van der Waals surface area contributed by atoms with E-state index in [9.17, 15) is 0 Å². The van der Waals surface area contributed by atoms with Crippen molar-refractivity contribution in [3.8, 4) is 5.82 Å². The van der Waals surface area contributed by atoms with E-state index in [1.807, 2.05) is 20.8 Å². The van der Waals surface area contributed by atoms with Crippen molar-refractivity contribution < 1.29 is 42.6 Å². The van der Waals surface area contributed by atoms with Crippen molar-refractivity contribution in [3.63, 3.8) is 0 Å². The first-order valence-electron chi connectivity index (χ1n) is 16.6. The zero-order chi connectivity index (χ0) is 35.1. The fourth-order valence-electron chi connectivity index (χ4n) is 5.40. The first-order chi connectivity index (χ1) is 22.9. The van der Waals surface area contributed by atoms with Crippen LogP contribution in [0.5, 0.6) is 0 Å². The number of para-hydroxylation sites is 2. The van der Waals surface area contributed by atoms with Crippen LogP contribution in [0.25, 0.3) is 27.6 Å². The number of benzene rings is 3. The van der Waals surface area contributed by atoms with Crippen LogP contribution in [0, 0.1) is 19.0 Å². The normalized spacial score (nSPS) is 15.7. The van der Waals surface area contributed by atoms with Gasteiger partial charge in [-0.3, -0.25) is 4.98 Å². The maximum atomic E-state index is 16.9. The molecule has 220 valence electrons. The largest absolute Gasteiger partial charge is 2.00 e. The topological polar surface area (TPSA) is 36.7 Å². The third kappa shape index (κ3) is 4.81. The molecule has 1 aliphatic heterocycles. The van der Waals surface area contributed by atoms with Gasteiger partial charge in [0.05, 0.1) is 0 Å². The quantitative estimate of drug-likeness (QED) is 0.134. The van der Waals surface area contributed by atoms with Crippen molar-refractivity contribution in [2.24, 2.45) is 0 Å². The van der Waals surface area contributed by atoms with Crippen LogP contribution in [-0.2, 0) is 32.4 Å². The zero-order valence-electron chi connectivity index (χ0n) is 29.9. The molecule has 0 bridgehead atoms. The number of rotatable bonds is 4. The summed E-state index contributed by atoms with van der Waals surface area (Å²) in [6.07, 6.45) is 4.55. The second kappa shape index (κ2) is 10.7. The minimum absolute atomic E-state index is 0. The van der Waals surface area contributed by atoms with E-state index in [2.05, 4.69) is 28.1 Å². The van der Waals surface area contributed by atoms with E-state index in [1.54, 1.807) is 59.4 Å². The van der Waals surface area contributed by atoms with Crippen LogP contribution < -0.4 is 4.58 Å². The molecule has 0 saturated carbocycles. The molecule has 0 atom stereocenters. The van der Waals surface area contributed by atoms with E-state index >= 15 is 8.78 Å². The molecule has 0 amide bonds. The van der Waals surface area contributed by atoms with Crippen LogP contribution in [0.4, 0.5) is 25.8 Å². The molecule has 44 heavy (non-hydrogen) atoms. The molecule has 0 spiro atoms. The van der Waals surface area contributed by atoms with Gasteiger partial charge in [0.1, 0.15) is 15.6 Å². The van der Waals surface area contributed by atoms with Gasteiger partial charge in [-0.2, -0.15) is 18.2 Å². The van der Waals surface area contributed by atoms with Crippen molar-refractivity contribution in [2.45, 2.75) is 39.0 Å². The number of halogens is 2. The Morgan fingerprint density at radius 2 is 1.73 bits per heavy atom. The van der Waals surface area contributed by atoms with Gasteiger partial charge in [0.2, 0.25) is 0 Å². The van der Waals surface area contributed by atoms with Crippen molar-refractivity contribution in [1.29, 1.82) is 0 Å². The van der Waals surface area contributed by atoms with Gasteiger partial charge in [-0.1, -0.05) is 70.8 Å². The molecule has 8 heteroatoms. The van der Waals surface area contributed by atoms with Crippen molar-refractivity contribution >= 4 is 44.9 Å². The molecular weight excluding hydrogens is 736 g/mol. The van der Waals surface area contributed by atoms with Gasteiger partial charge in [-0.25, -0.2) is 13.8 Å². The summed E-state index contributed by atoms with van der Waals surface area (Å²) in [5, 5.41) is 1.24. The summed E-state index contributed by atoms with van der Waals surface area (Å²) >= 11 is 0. The van der Waals surface area contributed by atoms with E-state index in [0.717, 1.165) is 4.58 Å². The molecule has 0 N–H and O–H groups in total. The van der Waals surface area contributed by atoms with Gasteiger partial charge in [-0.15, -0.1) is 17.0 Å².